The lowest BCUT2D eigenvalue weighted by Gasteiger charge is -2.18. The van der Waals surface area contributed by atoms with E-state index in [9.17, 15) is 4.79 Å². The van der Waals surface area contributed by atoms with E-state index >= 15 is 0 Å². The molecule has 2 rings (SSSR count). The smallest absolute Gasteiger partial charge is 0.253 e. The molecule has 0 aliphatic rings. The van der Waals surface area contributed by atoms with Crippen LogP contribution in [-0.4, -0.2) is 32.1 Å². The molecule has 0 spiro atoms. The number of ether oxygens (including phenoxy) is 2. The van der Waals surface area contributed by atoms with Gasteiger partial charge in [0.2, 0.25) is 0 Å². The Kier molecular flexibility index (Phi) is 5.28. The summed E-state index contributed by atoms with van der Waals surface area (Å²) in [4.78, 5) is 14.0. The molecular weight excluding hydrogens is 302 g/mol. The number of methoxy groups -OCH3 is 2. The highest BCUT2D eigenvalue weighted by Crippen LogP contribution is 2.28. The number of carbonyl (C=O) groups excluding carboxylic acids is 1. The van der Waals surface area contributed by atoms with Gasteiger partial charge in [0.05, 0.1) is 14.2 Å². The normalized spacial score (nSPS) is 10.2. The van der Waals surface area contributed by atoms with Gasteiger partial charge < -0.3 is 14.4 Å². The third kappa shape index (κ3) is 3.71. The molecule has 1 amide bonds. The van der Waals surface area contributed by atoms with Gasteiger partial charge in [0.1, 0.15) is 0 Å². The summed E-state index contributed by atoms with van der Waals surface area (Å²) in [6, 6.07) is 12.5. The first-order valence-electron chi connectivity index (χ1n) is 6.77. The molecule has 0 saturated heterocycles. The SMILES string of the molecule is COc1ccc(CN(C)C(=O)c2ccc(Cl)cc2)cc1OC. The van der Waals surface area contributed by atoms with Crippen molar-refractivity contribution in [3.05, 3.63) is 58.6 Å². The second-order valence-electron chi connectivity index (χ2n) is 4.86. The van der Waals surface area contributed by atoms with Gasteiger partial charge >= 0.3 is 0 Å². The van der Waals surface area contributed by atoms with Gasteiger partial charge in [-0.25, -0.2) is 0 Å². The molecule has 0 atom stereocenters. The number of nitrogens with zero attached hydrogens (tertiary/aromatic N) is 1. The van der Waals surface area contributed by atoms with Crippen LogP contribution in [0.15, 0.2) is 42.5 Å². The summed E-state index contributed by atoms with van der Waals surface area (Å²) in [6.07, 6.45) is 0. The van der Waals surface area contributed by atoms with Crippen LogP contribution in [0.1, 0.15) is 15.9 Å². The monoisotopic (exact) mass is 319 g/mol. The lowest BCUT2D eigenvalue weighted by Crippen LogP contribution is -2.26. The fourth-order valence-electron chi connectivity index (χ4n) is 2.14. The Morgan fingerprint density at radius 3 is 2.27 bits per heavy atom. The zero-order chi connectivity index (χ0) is 16.1. The van der Waals surface area contributed by atoms with Gasteiger partial charge in [0.25, 0.3) is 5.91 Å². The molecule has 0 aliphatic heterocycles. The number of rotatable bonds is 5. The second kappa shape index (κ2) is 7.18. The number of amides is 1. The molecule has 0 saturated carbocycles. The highest BCUT2D eigenvalue weighted by Gasteiger charge is 2.13. The van der Waals surface area contributed by atoms with E-state index in [1.54, 1.807) is 50.4 Å². The van der Waals surface area contributed by atoms with Gasteiger partial charge in [-0.15, -0.1) is 0 Å². The summed E-state index contributed by atoms with van der Waals surface area (Å²) in [5, 5.41) is 0.610. The largest absolute Gasteiger partial charge is 0.493 e. The molecule has 0 radical (unpaired) electrons. The number of hydrogen-bond donors (Lipinski definition) is 0. The Morgan fingerprint density at radius 2 is 1.68 bits per heavy atom. The summed E-state index contributed by atoms with van der Waals surface area (Å²) in [5.41, 5.74) is 1.56. The van der Waals surface area contributed by atoms with Crippen LogP contribution in [0.5, 0.6) is 11.5 Å². The number of benzene rings is 2. The van der Waals surface area contributed by atoms with Gasteiger partial charge in [-0.05, 0) is 42.0 Å². The standard InChI is InChI=1S/C17H18ClNO3/c1-19(17(20)13-5-7-14(18)8-6-13)11-12-4-9-15(21-2)16(10-12)22-3/h4-10H,11H2,1-3H3. The highest BCUT2D eigenvalue weighted by atomic mass is 35.5. The molecule has 0 bridgehead atoms. The summed E-state index contributed by atoms with van der Waals surface area (Å²) < 4.78 is 10.5. The molecule has 2 aromatic carbocycles. The fourth-order valence-corrected chi connectivity index (χ4v) is 2.26. The quantitative estimate of drug-likeness (QED) is 0.844. The van der Waals surface area contributed by atoms with Gasteiger partial charge in [0, 0.05) is 24.2 Å². The van der Waals surface area contributed by atoms with E-state index in [0.717, 1.165) is 5.56 Å². The molecule has 0 N–H and O–H groups in total. The number of halogens is 1. The van der Waals surface area contributed by atoms with Crippen LogP contribution in [0.4, 0.5) is 0 Å². The van der Waals surface area contributed by atoms with Gasteiger partial charge in [0.15, 0.2) is 11.5 Å². The van der Waals surface area contributed by atoms with Gasteiger partial charge in [-0.2, -0.15) is 0 Å². The van der Waals surface area contributed by atoms with Crippen LogP contribution < -0.4 is 9.47 Å². The van der Waals surface area contributed by atoms with Gasteiger partial charge in [-0.3, -0.25) is 4.79 Å². The van der Waals surface area contributed by atoms with Crippen molar-refractivity contribution in [2.45, 2.75) is 6.54 Å². The molecule has 0 aliphatic carbocycles. The van der Waals surface area contributed by atoms with Crippen molar-refractivity contribution in [1.82, 2.24) is 4.90 Å². The fraction of sp³-hybridized carbons (Fsp3) is 0.235. The van der Waals surface area contributed by atoms with Crippen molar-refractivity contribution in [1.29, 1.82) is 0 Å². The predicted molar refractivity (Wildman–Crippen MR) is 86.8 cm³/mol. The molecule has 116 valence electrons. The van der Waals surface area contributed by atoms with Crippen LogP contribution in [0, 0.1) is 0 Å². The maximum absolute atomic E-state index is 12.4. The summed E-state index contributed by atoms with van der Waals surface area (Å²) in [6.45, 7) is 0.474. The Morgan fingerprint density at radius 1 is 1.05 bits per heavy atom. The van der Waals surface area contributed by atoms with Crippen LogP contribution in [0.3, 0.4) is 0 Å². The highest BCUT2D eigenvalue weighted by molar-refractivity contribution is 6.30. The van der Waals surface area contributed by atoms with Crippen molar-refractivity contribution in [2.24, 2.45) is 0 Å². The molecule has 2 aromatic rings. The van der Waals surface area contributed by atoms with Crippen LogP contribution in [0.2, 0.25) is 5.02 Å². The van der Waals surface area contributed by atoms with E-state index in [4.69, 9.17) is 21.1 Å². The minimum absolute atomic E-state index is 0.0635. The average molecular weight is 320 g/mol. The lowest BCUT2D eigenvalue weighted by molar-refractivity contribution is 0.0785. The molecule has 0 aromatic heterocycles. The Balaban J connectivity index is 2.12. The lowest BCUT2D eigenvalue weighted by atomic mass is 10.1. The zero-order valence-corrected chi connectivity index (χ0v) is 13.6. The molecule has 5 heteroatoms. The summed E-state index contributed by atoms with van der Waals surface area (Å²) >= 11 is 5.84. The minimum Gasteiger partial charge on any atom is -0.493 e. The Bertz CT molecular complexity index is 655. The maximum atomic E-state index is 12.4. The topological polar surface area (TPSA) is 38.8 Å². The van der Waals surface area contributed by atoms with E-state index in [-0.39, 0.29) is 5.91 Å². The van der Waals surface area contributed by atoms with Gasteiger partial charge in [-0.1, -0.05) is 17.7 Å². The van der Waals surface area contributed by atoms with Crippen molar-refractivity contribution >= 4 is 17.5 Å². The van der Waals surface area contributed by atoms with E-state index in [1.807, 2.05) is 18.2 Å². The molecule has 4 nitrogen and oxygen atoms in total. The second-order valence-corrected chi connectivity index (χ2v) is 5.29. The average Bonchev–Trinajstić information content (AvgIpc) is 2.54. The van der Waals surface area contributed by atoms with E-state index < -0.39 is 0 Å². The maximum Gasteiger partial charge on any atom is 0.253 e. The molecule has 0 heterocycles. The van der Waals surface area contributed by atoms with E-state index in [2.05, 4.69) is 0 Å². The van der Waals surface area contributed by atoms with Crippen molar-refractivity contribution in [2.75, 3.05) is 21.3 Å². The molecule has 22 heavy (non-hydrogen) atoms. The van der Waals surface area contributed by atoms with E-state index in [1.165, 1.54) is 0 Å². The first-order valence-corrected chi connectivity index (χ1v) is 7.15. The first kappa shape index (κ1) is 16.2. The predicted octanol–water partition coefficient (Wildman–Crippen LogP) is 3.63. The number of hydrogen-bond acceptors (Lipinski definition) is 3. The summed E-state index contributed by atoms with van der Waals surface area (Å²) in [5.74, 6) is 1.25. The van der Waals surface area contributed by atoms with E-state index in [0.29, 0.717) is 28.6 Å². The summed E-state index contributed by atoms with van der Waals surface area (Å²) in [7, 11) is 4.94. The molecule has 0 unspecified atom stereocenters. The molecule has 0 fully saturated rings. The van der Waals surface area contributed by atoms with Crippen molar-refractivity contribution < 1.29 is 14.3 Å². The Hall–Kier alpha value is -2.20. The van der Waals surface area contributed by atoms with Crippen LogP contribution in [0.25, 0.3) is 0 Å². The first-order chi connectivity index (χ1) is 10.5. The Labute approximate surface area is 135 Å². The molecular formula is C17H18ClNO3. The van der Waals surface area contributed by atoms with Crippen molar-refractivity contribution in [3.63, 3.8) is 0 Å². The van der Waals surface area contributed by atoms with Crippen molar-refractivity contribution in [3.8, 4) is 11.5 Å². The van der Waals surface area contributed by atoms with Crippen LogP contribution in [-0.2, 0) is 6.54 Å². The number of carbonyl (C=O) groups is 1. The third-order valence-electron chi connectivity index (χ3n) is 3.31. The minimum atomic E-state index is -0.0635. The van der Waals surface area contributed by atoms with Crippen LogP contribution >= 0.6 is 11.6 Å². The third-order valence-corrected chi connectivity index (χ3v) is 3.56. The zero-order valence-electron chi connectivity index (χ0n) is 12.8.